The minimum atomic E-state index is -0.694. The highest BCUT2D eigenvalue weighted by atomic mass is 32.1. The van der Waals surface area contributed by atoms with Crippen LogP contribution in [0.25, 0.3) is 21.2 Å². The fourth-order valence-electron chi connectivity index (χ4n) is 3.43. The molecule has 4 aromatic rings. The lowest BCUT2D eigenvalue weighted by molar-refractivity contribution is -0.142. The van der Waals surface area contributed by atoms with Gasteiger partial charge in [0.2, 0.25) is 5.76 Å². The first-order valence-electron chi connectivity index (χ1n) is 11.3. The highest BCUT2D eigenvalue weighted by Crippen LogP contribution is 2.37. The summed E-state index contributed by atoms with van der Waals surface area (Å²) < 4.78 is 29.4. The van der Waals surface area contributed by atoms with Gasteiger partial charge >= 0.3 is 12.1 Å². The molecule has 2 aromatic heterocycles. The van der Waals surface area contributed by atoms with E-state index in [9.17, 15) is 14.0 Å². The SMILES string of the molecule is CCOC(=O)Cc1ccc(-c2ncc(-c3onc(C)c3NC(=O)OCCc3ccccc3F)s2)cc1. The Bertz CT molecular complexity index is 1350. The second-order valence-corrected chi connectivity index (χ2v) is 8.81. The molecule has 0 aliphatic rings. The third-order valence-electron chi connectivity index (χ3n) is 5.24. The normalized spacial score (nSPS) is 10.8. The number of amides is 1. The molecule has 0 atom stereocenters. The molecule has 1 amide bonds. The predicted molar refractivity (Wildman–Crippen MR) is 133 cm³/mol. The Morgan fingerprint density at radius 3 is 2.64 bits per heavy atom. The Morgan fingerprint density at radius 2 is 1.89 bits per heavy atom. The smallest absolute Gasteiger partial charge is 0.411 e. The number of nitrogens with one attached hydrogen (secondary N) is 1. The van der Waals surface area contributed by atoms with Crippen LogP contribution in [0.5, 0.6) is 0 Å². The summed E-state index contributed by atoms with van der Waals surface area (Å²) in [6.07, 6.45) is 1.41. The number of aromatic nitrogens is 2. The molecule has 8 nitrogen and oxygen atoms in total. The Hall–Kier alpha value is -4.05. The number of esters is 1. The molecule has 1 N–H and O–H groups in total. The number of thiazole rings is 1. The summed E-state index contributed by atoms with van der Waals surface area (Å²) in [7, 11) is 0. The topological polar surface area (TPSA) is 104 Å². The van der Waals surface area contributed by atoms with Gasteiger partial charge in [0.15, 0.2) is 0 Å². The van der Waals surface area contributed by atoms with Crippen LogP contribution < -0.4 is 5.32 Å². The molecule has 36 heavy (non-hydrogen) atoms. The van der Waals surface area contributed by atoms with Gasteiger partial charge in [-0.25, -0.2) is 14.2 Å². The largest absolute Gasteiger partial charge is 0.466 e. The molecule has 0 bridgehead atoms. The number of carbonyl (C=O) groups excluding carboxylic acids is 2. The molecule has 0 unspecified atom stereocenters. The van der Waals surface area contributed by atoms with E-state index in [0.717, 1.165) is 16.1 Å². The summed E-state index contributed by atoms with van der Waals surface area (Å²) in [6.45, 7) is 3.84. The first-order chi connectivity index (χ1) is 17.4. The monoisotopic (exact) mass is 509 g/mol. The van der Waals surface area contributed by atoms with Crippen molar-refractivity contribution in [3.63, 3.8) is 0 Å². The average Bonchev–Trinajstić information content (AvgIpc) is 3.48. The quantitative estimate of drug-likeness (QED) is 0.284. The molecule has 0 spiro atoms. The van der Waals surface area contributed by atoms with Crippen molar-refractivity contribution in [1.29, 1.82) is 0 Å². The van der Waals surface area contributed by atoms with Gasteiger partial charge in [-0.1, -0.05) is 47.6 Å². The van der Waals surface area contributed by atoms with Gasteiger partial charge < -0.3 is 14.0 Å². The number of anilines is 1. The third-order valence-corrected chi connectivity index (χ3v) is 6.28. The van der Waals surface area contributed by atoms with Crippen LogP contribution in [-0.4, -0.2) is 35.4 Å². The van der Waals surface area contributed by atoms with Crippen LogP contribution in [0.4, 0.5) is 14.9 Å². The van der Waals surface area contributed by atoms with Crippen LogP contribution in [0, 0.1) is 12.7 Å². The second-order valence-electron chi connectivity index (χ2n) is 7.78. The molecule has 2 heterocycles. The summed E-state index contributed by atoms with van der Waals surface area (Å²) in [5, 5.41) is 7.37. The minimum absolute atomic E-state index is 0.0172. The Balaban J connectivity index is 1.40. The summed E-state index contributed by atoms with van der Waals surface area (Å²) >= 11 is 1.37. The number of rotatable bonds is 9. The van der Waals surface area contributed by atoms with Gasteiger partial charge in [0, 0.05) is 18.2 Å². The van der Waals surface area contributed by atoms with E-state index in [1.165, 1.54) is 17.4 Å². The summed E-state index contributed by atoms with van der Waals surface area (Å²) in [5.74, 6) is -0.247. The van der Waals surface area contributed by atoms with Crippen molar-refractivity contribution >= 4 is 29.1 Å². The van der Waals surface area contributed by atoms with E-state index >= 15 is 0 Å². The number of hydrogen-bond acceptors (Lipinski definition) is 8. The average molecular weight is 510 g/mol. The van der Waals surface area contributed by atoms with Gasteiger partial charge in [-0.3, -0.25) is 10.1 Å². The van der Waals surface area contributed by atoms with Crippen molar-refractivity contribution < 1.29 is 28.0 Å². The zero-order valence-corrected chi connectivity index (χ0v) is 20.6. The van der Waals surface area contributed by atoms with E-state index in [-0.39, 0.29) is 31.2 Å². The van der Waals surface area contributed by atoms with Crippen molar-refractivity contribution in [3.8, 4) is 21.2 Å². The zero-order valence-electron chi connectivity index (χ0n) is 19.7. The molecule has 0 saturated heterocycles. The van der Waals surface area contributed by atoms with Crippen LogP contribution in [-0.2, 0) is 27.1 Å². The molecule has 186 valence electrons. The number of nitrogens with zero attached hydrogens (tertiary/aromatic N) is 2. The first-order valence-corrected chi connectivity index (χ1v) is 12.1. The molecule has 0 fully saturated rings. The minimum Gasteiger partial charge on any atom is -0.466 e. The van der Waals surface area contributed by atoms with Crippen LogP contribution in [0.1, 0.15) is 23.7 Å². The summed E-state index contributed by atoms with van der Waals surface area (Å²) in [4.78, 5) is 29.2. The molecule has 2 aromatic carbocycles. The van der Waals surface area contributed by atoms with Crippen molar-refractivity contribution in [2.24, 2.45) is 0 Å². The molecule has 0 aliphatic carbocycles. The van der Waals surface area contributed by atoms with E-state index in [1.807, 2.05) is 24.3 Å². The van der Waals surface area contributed by atoms with E-state index in [1.54, 1.807) is 38.2 Å². The van der Waals surface area contributed by atoms with E-state index in [0.29, 0.717) is 34.2 Å². The number of benzene rings is 2. The lowest BCUT2D eigenvalue weighted by Crippen LogP contribution is -2.16. The highest BCUT2D eigenvalue weighted by Gasteiger charge is 2.21. The zero-order chi connectivity index (χ0) is 25.5. The number of ether oxygens (including phenoxy) is 2. The lowest BCUT2D eigenvalue weighted by atomic mass is 10.1. The van der Waals surface area contributed by atoms with Crippen LogP contribution in [0.3, 0.4) is 0 Å². The van der Waals surface area contributed by atoms with Gasteiger partial charge in [-0.05, 0) is 31.0 Å². The van der Waals surface area contributed by atoms with E-state index in [2.05, 4.69) is 15.5 Å². The van der Waals surface area contributed by atoms with Gasteiger partial charge in [-0.15, -0.1) is 11.3 Å². The van der Waals surface area contributed by atoms with Crippen molar-refractivity contribution in [2.75, 3.05) is 18.5 Å². The van der Waals surface area contributed by atoms with Crippen LogP contribution >= 0.6 is 11.3 Å². The van der Waals surface area contributed by atoms with E-state index < -0.39 is 6.09 Å². The Kier molecular flexibility index (Phi) is 8.06. The van der Waals surface area contributed by atoms with Crippen LogP contribution in [0.2, 0.25) is 0 Å². The molecule has 10 heteroatoms. The summed E-state index contributed by atoms with van der Waals surface area (Å²) in [6, 6.07) is 13.8. The van der Waals surface area contributed by atoms with Crippen molar-refractivity contribution in [3.05, 3.63) is 77.4 Å². The highest BCUT2D eigenvalue weighted by molar-refractivity contribution is 7.18. The first kappa shape index (κ1) is 25.1. The summed E-state index contributed by atoms with van der Waals surface area (Å²) in [5.41, 5.74) is 3.05. The fraction of sp³-hybridized carbons (Fsp3) is 0.231. The van der Waals surface area contributed by atoms with Gasteiger partial charge in [-0.2, -0.15) is 0 Å². The maximum atomic E-state index is 13.7. The lowest BCUT2D eigenvalue weighted by Gasteiger charge is -2.07. The third kappa shape index (κ3) is 6.14. The molecule has 0 saturated carbocycles. The van der Waals surface area contributed by atoms with Gasteiger partial charge in [0.1, 0.15) is 22.2 Å². The number of aryl methyl sites for hydroxylation is 1. The maximum Gasteiger partial charge on any atom is 0.411 e. The standard InChI is InChI=1S/C26H24FN3O5S/c1-3-33-22(31)14-17-8-10-19(11-9-17)25-28-15-21(36-25)24-23(16(2)30-35-24)29-26(32)34-13-12-18-6-4-5-7-20(18)27/h4-11,15H,3,12-14H2,1-2H3,(H,29,32). The number of halogens is 1. The van der Waals surface area contributed by atoms with Gasteiger partial charge in [0.25, 0.3) is 0 Å². The van der Waals surface area contributed by atoms with Gasteiger partial charge in [0.05, 0.1) is 24.5 Å². The number of hydrogen-bond donors (Lipinski definition) is 1. The maximum absolute atomic E-state index is 13.7. The van der Waals surface area contributed by atoms with Crippen LogP contribution in [0.15, 0.2) is 59.3 Å². The second kappa shape index (κ2) is 11.6. The molecular weight excluding hydrogens is 485 g/mol. The molecular formula is C26H24FN3O5S. The molecule has 0 aliphatic heterocycles. The van der Waals surface area contributed by atoms with Crippen molar-refractivity contribution in [2.45, 2.75) is 26.7 Å². The predicted octanol–water partition coefficient (Wildman–Crippen LogP) is 5.81. The fourth-order valence-corrected chi connectivity index (χ4v) is 4.34. The number of carbonyl (C=O) groups is 2. The van der Waals surface area contributed by atoms with Crippen molar-refractivity contribution in [1.82, 2.24) is 10.1 Å². The Labute approximate surface area is 211 Å². The van der Waals surface area contributed by atoms with E-state index in [4.69, 9.17) is 14.0 Å². The molecule has 4 rings (SSSR count). The molecule has 0 radical (unpaired) electrons. The Morgan fingerprint density at radius 1 is 1.11 bits per heavy atom.